The van der Waals surface area contributed by atoms with Crippen LogP contribution in [-0.4, -0.2) is 39.8 Å². The molecular weight excluding hydrogens is 395 g/mol. The molecule has 3 heterocycles. The zero-order chi connectivity index (χ0) is 20.4. The number of hydrogen-bond donors (Lipinski definition) is 0. The first kappa shape index (κ1) is 19.3. The average Bonchev–Trinajstić information content (AvgIpc) is 3.43. The summed E-state index contributed by atoms with van der Waals surface area (Å²) in [5, 5.41) is 0.522. The van der Waals surface area contributed by atoms with E-state index in [0.717, 1.165) is 5.56 Å². The first-order valence-electron chi connectivity index (χ1n) is 9.21. The number of nitrogens with zero attached hydrogens (tertiary/aromatic N) is 4. The van der Waals surface area contributed by atoms with Crippen molar-refractivity contribution in [1.29, 1.82) is 0 Å². The smallest absolute Gasteiger partial charge is 0.326 e. The van der Waals surface area contributed by atoms with Crippen LogP contribution in [0.2, 0.25) is 0 Å². The fourth-order valence-electron chi connectivity index (χ4n) is 3.18. The predicted octanol–water partition coefficient (Wildman–Crippen LogP) is 3.84. The zero-order valence-corrected chi connectivity index (χ0v) is 16.6. The molecule has 0 spiro atoms. The van der Waals surface area contributed by atoms with Crippen LogP contribution in [0.4, 0.5) is 14.3 Å². The number of rotatable bonds is 7. The molecule has 2 aromatic heterocycles. The monoisotopic (exact) mass is 414 g/mol. The molecule has 1 aliphatic rings. The lowest BCUT2D eigenvalue weighted by molar-refractivity contribution is 0.0983. The molecule has 0 N–H and O–H groups in total. The summed E-state index contributed by atoms with van der Waals surface area (Å²) in [6.07, 6.45) is 3.72. The van der Waals surface area contributed by atoms with Crippen molar-refractivity contribution in [3.05, 3.63) is 64.6 Å². The molecule has 150 valence electrons. The summed E-state index contributed by atoms with van der Waals surface area (Å²) in [5.41, 5.74) is 1.48. The number of ketones is 1. The Labute approximate surface area is 170 Å². The molecule has 0 atom stereocenters. The summed E-state index contributed by atoms with van der Waals surface area (Å²) in [6, 6.07) is 5.94. The Morgan fingerprint density at radius 3 is 2.79 bits per heavy atom. The van der Waals surface area contributed by atoms with Crippen molar-refractivity contribution < 1.29 is 18.4 Å². The molecule has 0 bridgehead atoms. The molecule has 0 aliphatic carbocycles. The number of thiazole rings is 1. The highest BCUT2D eigenvalue weighted by Gasteiger charge is 2.32. The average molecular weight is 414 g/mol. The van der Waals surface area contributed by atoms with Crippen LogP contribution in [0.1, 0.15) is 33.2 Å². The number of aromatic nitrogens is 2. The van der Waals surface area contributed by atoms with E-state index in [1.54, 1.807) is 35.1 Å². The highest BCUT2D eigenvalue weighted by atomic mass is 32.1. The van der Waals surface area contributed by atoms with Gasteiger partial charge < -0.3 is 9.32 Å². The zero-order valence-electron chi connectivity index (χ0n) is 15.8. The van der Waals surface area contributed by atoms with Crippen LogP contribution in [0.5, 0.6) is 0 Å². The maximum atomic E-state index is 13.1. The molecule has 2 amide bonds. The predicted molar refractivity (Wildman–Crippen MR) is 106 cm³/mol. The van der Waals surface area contributed by atoms with E-state index < -0.39 is 0 Å². The van der Waals surface area contributed by atoms with Crippen LogP contribution in [0.3, 0.4) is 0 Å². The van der Waals surface area contributed by atoms with Gasteiger partial charge in [-0.3, -0.25) is 9.69 Å². The van der Waals surface area contributed by atoms with E-state index in [0.29, 0.717) is 47.6 Å². The third-order valence-electron chi connectivity index (χ3n) is 4.70. The Kier molecular flexibility index (Phi) is 5.39. The summed E-state index contributed by atoms with van der Waals surface area (Å²) in [5.74, 6) is 0.174. The van der Waals surface area contributed by atoms with Gasteiger partial charge in [0.1, 0.15) is 12.1 Å². The standard InChI is InChI=1S/C20H19FN4O3S/c1-13-18(16(26)6-7-17-22-8-11-28-17)29-19(23-13)25-10-9-24(20(25)27)12-14-2-4-15(21)5-3-14/h2-5,8,11H,6-7,9-10,12H2,1H3. The quantitative estimate of drug-likeness (QED) is 0.549. The summed E-state index contributed by atoms with van der Waals surface area (Å²) >= 11 is 1.23. The normalized spacial score (nSPS) is 14.1. The Hall–Kier alpha value is -3.07. The minimum Gasteiger partial charge on any atom is -0.449 e. The van der Waals surface area contributed by atoms with Gasteiger partial charge in [-0.2, -0.15) is 0 Å². The number of Topliss-reactive ketones (excluding diaryl/α,β-unsaturated/α-hetero) is 1. The third-order valence-corrected chi connectivity index (χ3v) is 5.92. The van der Waals surface area contributed by atoms with E-state index >= 15 is 0 Å². The number of urea groups is 1. The Balaban J connectivity index is 1.42. The molecular formula is C20H19FN4O3S. The van der Waals surface area contributed by atoms with Gasteiger partial charge in [-0.15, -0.1) is 0 Å². The van der Waals surface area contributed by atoms with Crippen molar-refractivity contribution in [1.82, 2.24) is 14.9 Å². The second kappa shape index (κ2) is 8.12. The first-order valence-corrected chi connectivity index (χ1v) is 10.0. The van der Waals surface area contributed by atoms with Crippen LogP contribution < -0.4 is 4.90 Å². The lowest BCUT2D eigenvalue weighted by Crippen LogP contribution is -2.31. The minimum absolute atomic E-state index is 0.0423. The highest BCUT2D eigenvalue weighted by Crippen LogP contribution is 2.30. The van der Waals surface area contributed by atoms with Crippen molar-refractivity contribution in [2.45, 2.75) is 26.3 Å². The maximum absolute atomic E-state index is 13.1. The van der Waals surface area contributed by atoms with Crippen LogP contribution in [-0.2, 0) is 13.0 Å². The number of carbonyl (C=O) groups is 2. The van der Waals surface area contributed by atoms with Gasteiger partial charge >= 0.3 is 6.03 Å². The lowest BCUT2D eigenvalue weighted by Gasteiger charge is -2.16. The molecule has 0 radical (unpaired) electrons. The van der Waals surface area contributed by atoms with Gasteiger partial charge in [0, 0.05) is 32.5 Å². The largest absolute Gasteiger partial charge is 0.449 e. The first-order chi connectivity index (χ1) is 14.0. The van der Waals surface area contributed by atoms with Gasteiger partial charge in [0.15, 0.2) is 16.8 Å². The van der Waals surface area contributed by atoms with Gasteiger partial charge in [0.25, 0.3) is 0 Å². The van der Waals surface area contributed by atoms with Crippen molar-refractivity contribution in [2.24, 2.45) is 0 Å². The van der Waals surface area contributed by atoms with E-state index in [9.17, 15) is 14.0 Å². The summed E-state index contributed by atoms with van der Waals surface area (Å²) in [6.45, 7) is 3.22. The number of hydrogen-bond acceptors (Lipinski definition) is 6. The third kappa shape index (κ3) is 4.19. The molecule has 0 saturated carbocycles. The van der Waals surface area contributed by atoms with Gasteiger partial charge in [0.2, 0.25) is 0 Å². The van der Waals surface area contributed by atoms with E-state index in [1.807, 2.05) is 0 Å². The minimum atomic E-state index is -0.304. The fourth-order valence-corrected chi connectivity index (χ4v) is 4.24. The van der Waals surface area contributed by atoms with Gasteiger partial charge in [-0.1, -0.05) is 23.5 Å². The maximum Gasteiger partial charge on any atom is 0.326 e. The van der Waals surface area contributed by atoms with E-state index in [-0.39, 0.29) is 24.1 Å². The molecule has 1 aliphatic heterocycles. The second-order valence-electron chi connectivity index (χ2n) is 6.74. The van der Waals surface area contributed by atoms with Crippen LogP contribution in [0.25, 0.3) is 0 Å². The number of carbonyl (C=O) groups excluding carboxylic acids is 2. The van der Waals surface area contributed by atoms with E-state index in [4.69, 9.17) is 4.42 Å². The summed E-state index contributed by atoms with van der Waals surface area (Å²) < 4.78 is 18.2. The molecule has 1 fully saturated rings. The Morgan fingerprint density at radius 1 is 1.28 bits per heavy atom. The molecule has 29 heavy (non-hydrogen) atoms. The van der Waals surface area contributed by atoms with Crippen LogP contribution in [0, 0.1) is 12.7 Å². The second-order valence-corrected chi connectivity index (χ2v) is 7.72. The molecule has 3 aromatic rings. The highest BCUT2D eigenvalue weighted by molar-refractivity contribution is 7.17. The van der Waals surface area contributed by atoms with E-state index in [2.05, 4.69) is 9.97 Å². The molecule has 7 nitrogen and oxygen atoms in total. The van der Waals surface area contributed by atoms with Gasteiger partial charge in [-0.25, -0.2) is 19.2 Å². The number of oxazole rings is 1. The summed E-state index contributed by atoms with van der Waals surface area (Å²) in [7, 11) is 0. The summed E-state index contributed by atoms with van der Waals surface area (Å²) in [4.78, 5) is 37.6. The number of aryl methyl sites for hydroxylation is 2. The molecule has 9 heteroatoms. The SMILES string of the molecule is Cc1nc(N2CCN(Cc3ccc(F)cc3)C2=O)sc1C(=O)CCc1ncco1. The Bertz CT molecular complexity index is 1020. The van der Waals surface area contributed by atoms with Crippen LogP contribution in [0.15, 0.2) is 41.1 Å². The van der Waals surface area contributed by atoms with Crippen molar-refractivity contribution in [3.63, 3.8) is 0 Å². The lowest BCUT2D eigenvalue weighted by atomic mass is 10.2. The van der Waals surface area contributed by atoms with Crippen LogP contribution >= 0.6 is 11.3 Å². The van der Waals surface area contributed by atoms with Crippen molar-refractivity contribution >= 4 is 28.3 Å². The molecule has 1 saturated heterocycles. The fraction of sp³-hybridized carbons (Fsp3) is 0.300. The van der Waals surface area contributed by atoms with Gasteiger partial charge in [0.05, 0.1) is 16.8 Å². The number of benzene rings is 1. The number of halogens is 1. The van der Waals surface area contributed by atoms with Crippen molar-refractivity contribution in [3.8, 4) is 0 Å². The number of anilines is 1. The number of amides is 2. The Morgan fingerprint density at radius 2 is 2.07 bits per heavy atom. The van der Waals surface area contributed by atoms with Gasteiger partial charge in [-0.05, 0) is 24.6 Å². The molecule has 4 rings (SSSR count). The van der Waals surface area contributed by atoms with E-state index in [1.165, 1.54) is 29.7 Å². The van der Waals surface area contributed by atoms with Crippen molar-refractivity contribution in [2.75, 3.05) is 18.0 Å². The molecule has 1 aromatic carbocycles. The topological polar surface area (TPSA) is 79.5 Å². The molecule has 0 unspecified atom stereocenters.